The highest BCUT2D eigenvalue weighted by Crippen LogP contribution is 2.21. The number of benzene rings is 1. The van der Waals surface area contributed by atoms with E-state index in [0.717, 1.165) is 5.56 Å². The Bertz CT molecular complexity index is 678. The summed E-state index contributed by atoms with van der Waals surface area (Å²) in [5.41, 5.74) is 6.08. The van der Waals surface area contributed by atoms with E-state index in [1.165, 1.54) is 4.90 Å². The largest absolute Gasteiger partial charge is 0.481 e. The van der Waals surface area contributed by atoms with Crippen LogP contribution in [0.5, 0.6) is 0 Å². The first-order valence-corrected chi connectivity index (χ1v) is 8.98. The smallest absolute Gasteiger partial charge is 0.326 e. The van der Waals surface area contributed by atoms with E-state index in [9.17, 15) is 19.2 Å². The number of likely N-dealkylation sites (tertiary alicyclic amines) is 1. The molecule has 2 rings (SSSR count). The highest BCUT2D eigenvalue weighted by atomic mass is 16.4. The van der Waals surface area contributed by atoms with Crippen LogP contribution in [-0.2, 0) is 25.7 Å². The highest BCUT2D eigenvalue weighted by molar-refractivity contribution is 5.84. The number of amides is 1. The third-order valence-electron chi connectivity index (χ3n) is 4.27. The summed E-state index contributed by atoms with van der Waals surface area (Å²) in [5.74, 6) is -2.99. The molecule has 9 nitrogen and oxygen atoms in total. The lowest BCUT2D eigenvalue weighted by atomic mass is 10.0. The molecule has 1 amide bonds. The lowest BCUT2D eigenvalue weighted by molar-refractivity contribution is -0.153. The van der Waals surface area contributed by atoms with Gasteiger partial charge in [0.2, 0.25) is 5.91 Å². The Labute approximate surface area is 162 Å². The first-order valence-electron chi connectivity index (χ1n) is 8.98. The average molecular weight is 394 g/mol. The zero-order chi connectivity index (χ0) is 21.1. The maximum atomic E-state index is 11.8. The van der Waals surface area contributed by atoms with Crippen LogP contribution < -0.4 is 5.73 Å². The third-order valence-corrected chi connectivity index (χ3v) is 4.27. The molecule has 0 radical (unpaired) electrons. The number of piperidine rings is 1. The maximum Gasteiger partial charge on any atom is 0.326 e. The second kappa shape index (κ2) is 11.7. The maximum absolute atomic E-state index is 11.8. The van der Waals surface area contributed by atoms with Crippen molar-refractivity contribution in [1.29, 1.82) is 0 Å². The summed E-state index contributed by atoms with van der Waals surface area (Å²) in [6.45, 7) is 0.386. The van der Waals surface area contributed by atoms with Gasteiger partial charge in [0.25, 0.3) is 0 Å². The molecule has 1 aromatic carbocycles. The Morgan fingerprint density at radius 3 is 2.32 bits per heavy atom. The van der Waals surface area contributed by atoms with Crippen molar-refractivity contribution in [3.8, 4) is 0 Å². The number of carboxylic acids is 3. The molecule has 0 bridgehead atoms. The van der Waals surface area contributed by atoms with Gasteiger partial charge in [0, 0.05) is 19.4 Å². The van der Waals surface area contributed by atoms with Gasteiger partial charge in [-0.2, -0.15) is 0 Å². The van der Waals surface area contributed by atoms with E-state index in [1.54, 1.807) is 0 Å². The lowest BCUT2D eigenvalue weighted by Crippen LogP contribution is -2.47. The van der Waals surface area contributed by atoms with Crippen LogP contribution in [0.2, 0.25) is 0 Å². The van der Waals surface area contributed by atoms with E-state index >= 15 is 0 Å². The minimum Gasteiger partial charge on any atom is -0.481 e. The second-order valence-corrected chi connectivity index (χ2v) is 6.48. The predicted octanol–water partition coefficient (Wildman–Crippen LogP) is 1.31. The number of rotatable bonds is 8. The quantitative estimate of drug-likeness (QED) is 0.513. The molecular weight excluding hydrogens is 368 g/mol. The number of carbonyl (C=O) groups excluding carboxylic acids is 1. The summed E-state index contributed by atoms with van der Waals surface area (Å²) >= 11 is 0. The molecule has 0 spiro atoms. The van der Waals surface area contributed by atoms with Crippen LogP contribution >= 0.6 is 0 Å². The number of carboxylic acid groups (broad SMARTS) is 3. The fraction of sp³-hybridized carbons (Fsp3) is 0.474. The zero-order valence-corrected chi connectivity index (χ0v) is 15.5. The van der Waals surface area contributed by atoms with Crippen molar-refractivity contribution in [2.24, 2.45) is 5.73 Å². The Kier molecular flexibility index (Phi) is 9.66. The summed E-state index contributed by atoms with van der Waals surface area (Å²) in [4.78, 5) is 44.4. The standard InChI is InChI=1S/C13H15NO3.C6H11NO4/c15-12-8-4-7-11(13(16)17)14(12)9-10-5-2-1-3-6-10;7-4(6(10)11)2-1-3-5(8)9/h1-3,5-6,11H,4,7-9H2,(H,16,17);4H,1-3,7H2,(H,8,9)(H,10,11). The van der Waals surface area contributed by atoms with Crippen LogP contribution in [0.25, 0.3) is 0 Å². The molecule has 1 heterocycles. The van der Waals surface area contributed by atoms with E-state index in [1.807, 2.05) is 30.3 Å². The summed E-state index contributed by atoms with van der Waals surface area (Å²) in [6, 6.07) is 7.88. The molecule has 0 saturated carbocycles. The minimum atomic E-state index is -1.09. The molecular formula is C19H26N2O7. The highest BCUT2D eigenvalue weighted by Gasteiger charge is 2.32. The molecule has 9 heteroatoms. The van der Waals surface area contributed by atoms with Gasteiger partial charge < -0.3 is 26.0 Å². The molecule has 1 aromatic rings. The Morgan fingerprint density at radius 1 is 1.14 bits per heavy atom. The fourth-order valence-corrected chi connectivity index (χ4v) is 2.75. The van der Waals surface area contributed by atoms with E-state index in [0.29, 0.717) is 32.2 Å². The van der Waals surface area contributed by atoms with Crippen molar-refractivity contribution in [2.45, 2.75) is 57.2 Å². The fourth-order valence-electron chi connectivity index (χ4n) is 2.75. The van der Waals surface area contributed by atoms with E-state index in [-0.39, 0.29) is 18.7 Å². The van der Waals surface area contributed by atoms with Crippen LogP contribution in [0.3, 0.4) is 0 Å². The van der Waals surface area contributed by atoms with Crippen molar-refractivity contribution in [3.63, 3.8) is 0 Å². The number of hydrogen-bond donors (Lipinski definition) is 4. The van der Waals surface area contributed by atoms with Crippen molar-refractivity contribution in [2.75, 3.05) is 0 Å². The van der Waals surface area contributed by atoms with Gasteiger partial charge in [-0.1, -0.05) is 30.3 Å². The number of nitrogens with two attached hydrogens (primary N) is 1. The summed E-state index contributed by atoms with van der Waals surface area (Å²) in [6.07, 6.45) is 2.16. The van der Waals surface area contributed by atoms with Gasteiger partial charge in [0.05, 0.1) is 0 Å². The number of aliphatic carboxylic acids is 3. The normalized spacial score (nSPS) is 17.2. The Balaban J connectivity index is 0.000000311. The summed E-state index contributed by atoms with van der Waals surface area (Å²) in [7, 11) is 0. The molecule has 2 atom stereocenters. The molecule has 1 aliphatic rings. The number of carbonyl (C=O) groups is 4. The van der Waals surface area contributed by atoms with Gasteiger partial charge in [-0.15, -0.1) is 0 Å². The van der Waals surface area contributed by atoms with Gasteiger partial charge in [-0.05, 0) is 31.2 Å². The first-order chi connectivity index (χ1) is 13.2. The third kappa shape index (κ3) is 8.17. The molecule has 1 saturated heterocycles. The molecule has 1 aliphatic heterocycles. The molecule has 1 fully saturated rings. The molecule has 154 valence electrons. The van der Waals surface area contributed by atoms with Crippen molar-refractivity contribution in [3.05, 3.63) is 35.9 Å². The van der Waals surface area contributed by atoms with Crippen LogP contribution in [0.4, 0.5) is 0 Å². The Morgan fingerprint density at radius 2 is 1.79 bits per heavy atom. The molecule has 2 unspecified atom stereocenters. The SMILES string of the molecule is NC(CCCC(=O)O)C(=O)O.O=C(O)C1CCCC(=O)N1Cc1ccccc1. The molecule has 0 aromatic heterocycles. The van der Waals surface area contributed by atoms with Crippen molar-refractivity contribution < 1.29 is 34.5 Å². The topological polar surface area (TPSA) is 158 Å². The Hall–Kier alpha value is -2.94. The van der Waals surface area contributed by atoms with Crippen molar-refractivity contribution >= 4 is 23.8 Å². The molecule has 5 N–H and O–H groups in total. The van der Waals surface area contributed by atoms with Crippen LogP contribution in [0.1, 0.15) is 44.1 Å². The van der Waals surface area contributed by atoms with Gasteiger partial charge in [0.1, 0.15) is 12.1 Å². The van der Waals surface area contributed by atoms with Gasteiger partial charge in [-0.3, -0.25) is 14.4 Å². The van der Waals surface area contributed by atoms with Crippen LogP contribution in [0.15, 0.2) is 30.3 Å². The predicted molar refractivity (Wildman–Crippen MR) is 99.4 cm³/mol. The molecule has 0 aliphatic carbocycles. The van der Waals surface area contributed by atoms with Gasteiger partial charge in [-0.25, -0.2) is 4.79 Å². The first kappa shape index (κ1) is 23.1. The van der Waals surface area contributed by atoms with Crippen LogP contribution in [0, 0.1) is 0 Å². The van der Waals surface area contributed by atoms with Gasteiger partial charge >= 0.3 is 17.9 Å². The number of nitrogens with zero attached hydrogens (tertiary/aromatic N) is 1. The number of hydrogen-bond acceptors (Lipinski definition) is 5. The van der Waals surface area contributed by atoms with Crippen molar-refractivity contribution in [1.82, 2.24) is 4.90 Å². The summed E-state index contributed by atoms with van der Waals surface area (Å²) in [5, 5.41) is 25.6. The monoisotopic (exact) mass is 394 g/mol. The van der Waals surface area contributed by atoms with E-state index in [2.05, 4.69) is 0 Å². The van der Waals surface area contributed by atoms with E-state index < -0.39 is 30.0 Å². The lowest BCUT2D eigenvalue weighted by Gasteiger charge is -2.32. The minimum absolute atomic E-state index is 0.0268. The van der Waals surface area contributed by atoms with Crippen LogP contribution in [-0.4, -0.2) is 56.1 Å². The second-order valence-electron chi connectivity index (χ2n) is 6.48. The van der Waals surface area contributed by atoms with E-state index in [4.69, 9.17) is 21.1 Å². The molecule has 28 heavy (non-hydrogen) atoms. The zero-order valence-electron chi connectivity index (χ0n) is 15.5. The van der Waals surface area contributed by atoms with Gasteiger partial charge in [0.15, 0.2) is 0 Å². The average Bonchev–Trinajstić information content (AvgIpc) is 2.64. The summed E-state index contributed by atoms with van der Waals surface area (Å²) < 4.78 is 0.